The lowest BCUT2D eigenvalue weighted by Gasteiger charge is -2.33. The molecular formula is C7H17N3O2S. The quantitative estimate of drug-likeness (QED) is 0.603. The van der Waals surface area contributed by atoms with E-state index in [0.717, 1.165) is 25.9 Å². The lowest BCUT2D eigenvalue weighted by Crippen LogP contribution is -2.47. The van der Waals surface area contributed by atoms with Gasteiger partial charge in [-0.3, -0.25) is 5.84 Å². The molecule has 1 heterocycles. The van der Waals surface area contributed by atoms with Gasteiger partial charge in [0.1, 0.15) is 0 Å². The topological polar surface area (TPSA) is 66.6 Å². The van der Waals surface area contributed by atoms with Gasteiger partial charge < -0.3 is 0 Å². The first-order valence-electron chi connectivity index (χ1n) is 4.34. The van der Waals surface area contributed by atoms with Crippen LogP contribution in [0, 0.1) is 0 Å². The lowest BCUT2D eigenvalue weighted by atomic mass is 10.1. The average Bonchev–Trinajstić information content (AvgIpc) is 2.03. The van der Waals surface area contributed by atoms with Crippen molar-refractivity contribution in [2.24, 2.45) is 5.84 Å². The first-order valence-corrected chi connectivity index (χ1v) is 6.19. The van der Waals surface area contributed by atoms with E-state index in [2.05, 4.69) is 0 Å². The molecule has 0 aromatic heterocycles. The van der Waals surface area contributed by atoms with E-state index >= 15 is 0 Å². The maximum atomic E-state index is 11.2. The van der Waals surface area contributed by atoms with E-state index in [0.29, 0.717) is 0 Å². The van der Waals surface area contributed by atoms with Crippen LogP contribution in [0.1, 0.15) is 12.8 Å². The van der Waals surface area contributed by atoms with Crippen molar-refractivity contribution in [1.29, 1.82) is 0 Å². The predicted molar refractivity (Wildman–Crippen MR) is 51.4 cm³/mol. The van der Waals surface area contributed by atoms with Crippen molar-refractivity contribution in [2.45, 2.75) is 18.9 Å². The zero-order valence-corrected chi connectivity index (χ0v) is 8.92. The van der Waals surface area contributed by atoms with Crippen molar-refractivity contribution < 1.29 is 8.42 Å². The molecule has 13 heavy (non-hydrogen) atoms. The van der Waals surface area contributed by atoms with Crippen molar-refractivity contribution in [3.63, 3.8) is 0 Å². The van der Waals surface area contributed by atoms with Crippen LogP contribution in [0.25, 0.3) is 0 Å². The van der Waals surface area contributed by atoms with Gasteiger partial charge in [0.2, 0.25) is 10.0 Å². The molecule has 1 fully saturated rings. The molecule has 0 amide bonds. The van der Waals surface area contributed by atoms with Gasteiger partial charge in [-0.25, -0.2) is 17.7 Å². The first kappa shape index (κ1) is 10.9. The molecule has 2 N–H and O–H groups in total. The molecule has 6 heteroatoms. The summed E-state index contributed by atoms with van der Waals surface area (Å²) in [6.45, 7) is 1.54. The largest absolute Gasteiger partial charge is 0.269 e. The van der Waals surface area contributed by atoms with E-state index in [1.54, 1.807) is 12.1 Å². The predicted octanol–water partition coefficient (Wildman–Crippen LogP) is -0.784. The normalized spacial score (nSPS) is 22.5. The molecular weight excluding hydrogens is 190 g/mol. The molecule has 78 valence electrons. The van der Waals surface area contributed by atoms with Crippen LogP contribution in [0.2, 0.25) is 0 Å². The molecule has 0 bridgehead atoms. The molecule has 0 atom stereocenters. The second-order valence-corrected chi connectivity index (χ2v) is 5.59. The molecule has 1 saturated heterocycles. The maximum absolute atomic E-state index is 11.2. The van der Waals surface area contributed by atoms with Gasteiger partial charge in [-0.15, -0.1) is 0 Å². The second-order valence-electron chi connectivity index (χ2n) is 3.55. The fraction of sp³-hybridized carbons (Fsp3) is 1.00. The maximum Gasteiger partial charge on any atom is 0.211 e. The highest BCUT2D eigenvalue weighted by atomic mass is 32.2. The third-order valence-electron chi connectivity index (χ3n) is 2.54. The number of rotatable bonds is 2. The van der Waals surface area contributed by atoms with E-state index in [4.69, 9.17) is 5.84 Å². The van der Waals surface area contributed by atoms with Crippen LogP contribution in [0.4, 0.5) is 0 Å². The van der Waals surface area contributed by atoms with Gasteiger partial charge in [0.25, 0.3) is 0 Å². The lowest BCUT2D eigenvalue weighted by molar-refractivity contribution is 0.173. The Morgan fingerprint density at radius 3 is 2.23 bits per heavy atom. The fourth-order valence-electron chi connectivity index (χ4n) is 1.52. The third kappa shape index (κ3) is 2.91. The van der Waals surface area contributed by atoms with Crippen LogP contribution in [0.15, 0.2) is 0 Å². The van der Waals surface area contributed by atoms with Crippen molar-refractivity contribution in [3.05, 3.63) is 0 Å². The summed E-state index contributed by atoms with van der Waals surface area (Å²) in [5.41, 5.74) is 0. The van der Waals surface area contributed by atoms with Gasteiger partial charge in [0.15, 0.2) is 0 Å². The highest BCUT2D eigenvalue weighted by molar-refractivity contribution is 7.88. The van der Waals surface area contributed by atoms with Gasteiger partial charge in [-0.1, -0.05) is 0 Å². The summed E-state index contributed by atoms with van der Waals surface area (Å²) in [6.07, 6.45) is 2.88. The van der Waals surface area contributed by atoms with Crippen LogP contribution in [-0.2, 0) is 10.0 Å². The minimum Gasteiger partial charge on any atom is -0.269 e. The highest BCUT2D eigenvalue weighted by Crippen LogP contribution is 2.15. The highest BCUT2D eigenvalue weighted by Gasteiger charge is 2.25. The Kier molecular flexibility index (Phi) is 3.28. The average molecular weight is 207 g/mol. The van der Waals surface area contributed by atoms with Gasteiger partial charge in [-0.05, 0) is 12.8 Å². The van der Waals surface area contributed by atoms with Crippen LogP contribution in [0.5, 0.6) is 0 Å². The van der Waals surface area contributed by atoms with Gasteiger partial charge in [0.05, 0.1) is 6.26 Å². The molecule has 5 nitrogen and oxygen atoms in total. The molecule has 1 aliphatic rings. The SMILES string of the molecule is CN(C1CCN(N)CC1)S(C)(=O)=O. The molecule has 0 aromatic carbocycles. The number of sulfonamides is 1. The number of piperidine rings is 1. The Labute approximate surface area is 79.5 Å². The summed E-state index contributed by atoms with van der Waals surface area (Å²) < 4.78 is 23.8. The zero-order valence-electron chi connectivity index (χ0n) is 8.10. The Morgan fingerprint density at radius 1 is 1.38 bits per heavy atom. The van der Waals surface area contributed by atoms with Crippen molar-refractivity contribution in [2.75, 3.05) is 26.4 Å². The molecule has 0 saturated carbocycles. The summed E-state index contributed by atoms with van der Waals surface area (Å²) in [6, 6.07) is 0.120. The molecule has 0 aliphatic carbocycles. The van der Waals surface area contributed by atoms with Crippen molar-refractivity contribution in [1.82, 2.24) is 9.31 Å². The minimum absolute atomic E-state index is 0.120. The smallest absolute Gasteiger partial charge is 0.211 e. The number of hydrazine groups is 1. The molecule has 0 spiro atoms. The first-order chi connectivity index (χ1) is 5.91. The van der Waals surface area contributed by atoms with Crippen LogP contribution in [-0.4, -0.2) is 50.2 Å². The molecule has 0 aromatic rings. The molecule has 1 aliphatic heterocycles. The summed E-state index contributed by atoms with van der Waals surface area (Å²) in [5.74, 6) is 5.57. The Bertz CT molecular complexity index is 257. The summed E-state index contributed by atoms with van der Waals surface area (Å²) >= 11 is 0. The second kappa shape index (κ2) is 3.91. The molecule has 0 radical (unpaired) electrons. The standard InChI is InChI=1S/C7H17N3O2S/c1-9(13(2,11)12)7-3-5-10(8)6-4-7/h7H,3-6,8H2,1-2H3. The van der Waals surface area contributed by atoms with Gasteiger partial charge in [0, 0.05) is 26.2 Å². The van der Waals surface area contributed by atoms with E-state index in [1.807, 2.05) is 0 Å². The van der Waals surface area contributed by atoms with E-state index in [1.165, 1.54) is 10.6 Å². The summed E-state index contributed by atoms with van der Waals surface area (Å²) in [5, 5.41) is 1.73. The number of hydrogen-bond donors (Lipinski definition) is 1. The van der Waals surface area contributed by atoms with Crippen LogP contribution in [0.3, 0.4) is 0 Å². The van der Waals surface area contributed by atoms with E-state index in [9.17, 15) is 8.42 Å². The van der Waals surface area contributed by atoms with Gasteiger partial charge in [-0.2, -0.15) is 0 Å². The molecule has 1 rings (SSSR count). The van der Waals surface area contributed by atoms with Crippen LogP contribution >= 0.6 is 0 Å². The minimum atomic E-state index is -3.05. The van der Waals surface area contributed by atoms with E-state index in [-0.39, 0.29) is 6.04 Å². The number of nitrogens with zero attached hydrogens (tertiary/aromatic N) is 2. The fourth-order valence-corrected chi connectivity index (χ4v) is 2.27. The Balaban J connectivity index is 2.55. The Hall–Kier alpha value is -0.170. The van der Waals surface area contributed by atoms with E-state index < -0.39 is 10.0 Å². The number of nitrogens with two attached hydrogens (primary N) is 1. The third-order valence-corrected chi connectivity index (χ3v) is 3.88. The summed E-state index contributed by atoms with van der Waals surface area (Å²) in [7, 11) is -1.41. The monoisotopic (exact) mass is 207 g/mol. The van der Waals surface area contributed by atoms with Crippen molar-refractivity contribution in [3.8, 4) is 0 Å². The van der Waals surface area contributed by atoms with Crippen LogP contribution < -0.4 is 5.84 Å². The van der Waals surface area contributed by atoms with Gasteiger partial charge >= 0.3 is 0 Å². The van der Waals surface area contributed by atoms with Crippen molar-refractivity contribution >= 4 is 10.0 Å². The Morgan fingerprint density at radius 2 is 1.85 bits per heavy atom. The summed E-state index contributed by atoms with van der Waals surface area (Å²) in [4.78, 5) is 0. The zero-order chi connectivity index (χ0) is 10.1. The molecule has 0 unspecified atom stereocenters. The number of hydrogen-bond acceptors (Lipinski definition) is 4.